The van der Waals surface area contributed by atoms with Gasteiger partial charge in [-0.1, -0.05) is 23.7 Å². The lowest BCUT2D eigenvalue weighted by Crippen LogP contribution is -2.43. The van der Waals surface area contributed by atoms with E-state index in [1.54, 1.807) is 7.11 Å². The van der Waals surface area contributed by atoms with E-state index in [0.717, 1.165) is 18.6 Å². The van der Waals surface area contributed by atoms with Crippen LogP contribution in [0.15, 0.2) is 36.5 Å². The molecule has 1 fully saturated rings. The second-order valence-electron chi connectivity index (χ2n) is 5.64. The van der Waals surface area contributed by atoms with Gasteiger partial charge in [-0.05, 0) is 42.5 Å². The number of rotatable bonds is 4. The monoisotopic (exact) mass is 332 g/mol. The van der Waals surface area contributed by atoms with Gasteiger partial charge in [0.25, 0.3) is 5.91 Å². The number of pyridine rings is 1. The second-order valence-corrected chi connectivity index (χ2v) is 6.02. The van der Waals surface area contributed by atoms with E-state index < -0.39 is 0 Å². The Morgan fingerprint density at radius 2 is 2.04 bits per heavy atom. The Labute approximate surface area is 139 Å². The van der Waals surface area contributed by atoms with Crippen LogP contribution >= 0.6 is 11.6 Å². The lowest BCUT2D eigenvalue weighted by Gasteiger charge is -2.36. The Kier molecular flexibility index (Phi) is 4.39. The predicted octanol–water partition coefficient (Wildman–Crippen LogP) is 3.13. The van der Waals surface area contributed by atoms with E-state index in [-0.39, 0.29) is 28.4 Å². The third kappa shape index (κ3) is 3.40. The lowest BCUT2D eigenvalue weighted by atomic mass is 9.76. The number of benzene rings is 1. The molecule has 3 rings (SSSR count). The summed E-state index contributed by atoms with van der Waals surface area (Å²) in [5, 5.41) is 12.8. The zero-order chi connectivity index (χ0) is 16.4. The summed E-state index contributed by atoms with van der Waals surface area (Å²) < 4.78 is 5.15. The summed E-state index contributed by atoms with van der Waals surface area (Å²) in [6.07, 6.45) is 2.92. The molecule has 6 heteroatoms. The van der Waals surface area contributed by atoms with Gasteiger partial charge in [0.2, 0.25) is 0 Å². The molecule has 0 saturated heterocycles. The van der Waals surface area contributed by atoms with E-state index in [0.29, 0.717) is 5.92 Å². The molecule has 0 spiro atoms. The maximum absolute atomic E-state index is 12.2. The minimum absolute atomic E-state index is 0.0981. The van der Waals surface area contributed by atoms with Crippen molar-refractivity contribution in [3.05, 3.63) is 52.8 Å². The van der Waals surface area contributed by atoms with E-state index in [1.807, 2.05) is 12.1 Å². The highest BCUT2D eigenvalue weighted by molar-refractivity contribution is 6.29. The molecule has 0 bridgehead atoms. The van der Waals surface area contributed by atoms with Crippen LogP contribution in [0.2, 0.25) is 5.15 Å². The smallest absolute Gasteiger partial charge is 0.255 e. The van der Waals surface area contributed by atoms with Crippen LogP contribution in [-0.2, 0) is 0 Å². The van der Waals surface area contributed by atoms with Gasteiger partial charge in [-0.2, -0.15) is 0 Å². The number of nitrogens with zero attached hydrogens (tertiary/aromatic N) is 1. The first-order valence-corrected chi connectivity index (χ1v) is 7.74. The SMILES string of the molecule is COc1ccc(C2CC(NC(=O)c3cc(Cl)ncc3O)C2)cc1. The fraction of sp³-hybridized carbons (Fsp3) is 0.294. The van der Waals surface area contributed by atoms with Gasteiger partial charge < -0.3 is 15.2 Å². The molecule has 1 saturated carbocycles. The van der Waals surface area contributed by atoms with Gasteiger partial charge >= 0.3 is 0 Å². The van der Waals surface area contributed by atoms with Gasteiger partial charge in [-0.25, -0.2) is 4.98 Å². The highest BCUT2D eigenvalue weighted by Crippen LogP contribution is 2.37. The Balaban J connectivity index is 1.57. The molecule has 120 valence electrons. The first kappa shape index (κ1) is 15.6. The number of amides is 1. The number of hydrogen-bond acceptors (Lipinski definition) is 4. The van der Waals surface area contributed by atoms with E-state index in [4.69, 9.17) is 16.3 Å². The van der Waals surface area contributed by atoms with Crippen molar-refractivity contribution in [1.82, 2.24) is 10.3 Å². The first-order valence-electron chi connectivity index (χ1n) is 7.36. The van der Waals surface area contributed by atoms with Crippen LogP contribution < -0.4 is 10.1 Å². The number of carbonyl (C=O) groups is 1. The Morgan fingerprint density at radius 1 is 1.35 bits per heavy atom. The first-order chi connectivity index (χ1) is 11.1. The van der Waals surface area contributed by atoms with E-state index in [1.165, 1.54) is 17.8 Å². The van der Waals surface area contributed by atoms with E-state index in [9.17, 15) is 9.90 Å². The summed E-state index contributed by atoms with van der Waals surface area (Å²) >= 11 is 5.76. The summed E-state index contributed by atoms with van der Waals surface area (Å²) in [6.45, 7) is 0. The van der Waals surface area contributed by atoms with Crippen LogP contribution in [0.1, 0.15) is 34.7 Å². The van der Waals surface area contributed by atoms with Crippen molar-refractivity contribution in [3.63, 3.8) is 0 Å². The number of hydrogen-bond donors (Lipinski definition) is 2. The van der Waals surface area contributed by atoms with Crippen LogP contribution in [0.25, 0.3) is 0 Å². The lowest BCUT2D eigenvalue weighted by molar-refractivity contribution is 0.0906. The minimum atomic E-state index is -0.329. The normalized spacial score (nSPS) is 19.7. The maximum atomic E-state index is 12.2. The summed E-state index contributed by atoms with van der Waals surface area (Å²) in [6, 6.07) is 9.45. The van der Waals surface area contributed by atoms with Crippen LogP contribution in [0.5, 0.6) is 11.5 Å². The Morgan fingerprint density at radius 3 is 2.70 bits per heavy atom. The molecule has 0 radical (unpaired) electrons. The largest absolute Gasteiger partial charge is 0.505 e. The molecule has 1 aromatic heterocycles. The maximum Gasteiger partial charge on any atom is 0.255 e. The predicted molar refractivity (Wildman–Crippen MR) is 87.1 cm³/mol. The Hall–Kier alpha value is -2.27. The van der Waals surface area contributed by atoms with Crippen LogP contribution in [0.3, 0.4) is 0 Å². The quantitative estimate of drug-likeness (QED) is 0.844. The fourth-order valence-corrected chi connectivity index (χ4v) is 2.91. The van der Waals surface area contributed by atoms with Crippen molar-refractivity contribution in [2.45, 2.75) is 24.8 Å². The van der Waals surface area contributed by atoms with Gasteiger partial charge in [0, 0.05) is 6.04 Å². The third-order valence-corrected chi connectivity index (χ3v) is 4.36. The van der Waals surface area contributed by atoms with Crippen molar-refractivity contribution in [2.24, 2.45) is 0 Å². The van der Waals surface area contributed by atoms with Gasteiger partial charge in [0.1, 0.15) is 16.7 Å². The summed E-state index contributed by atoms with van der Waals surface area (Å²) in [4.78, 5) is 15.9. The minimum Gasteiger partial charge on any atom is -0.505 e. The second kappa shape index (κ2) is 6.46. The molecule has 2 N–H and O–H groups in total. The van der Waals surface area contributed by atoms with Crippen molar-refractivity contribution in [3.8, 4) is 11.5 Å². The third-order valence-electron chi connectivity index (χ3n) is 4.15. The molecular weight excluding hydrogens is 316 g/mol. The van der Waals surface area contributed by atoms with Crippen molar-refractivity contribution in [1.29, 1.82) is 0 Å². The fourth-order valence-electron chi connectivity index (χ4n) is 2.75. The number of methoxy groups -OCH3 is 1. The van der Waals surface area contributed by atoms with Crippen LogP contribution in [0, 0.1) is 0 Å². The number of ether oxygens (including phenoxy) is 1. The van der Waals surface area contributed by atoms with Crippen molar-refractivity contribution < 1.29 is 14.6 Å². The molecule has 0 aliphatic heterocycles. The number of halogens is 1. The van der Waals surface area contributed by atoms with Gasteiger partial charge in [-0.3, -0.25) is 4.79 Å². The van der Waals surface area contributed by atoms with Gasteiger partial charge in [0.15, 0.2) is 0 Å². The van der Waals surface area contributed by atoms with Crippen LogP contribution in [-0.4, -0.2) is 29.1 Å². The van der Waals surface area contributed by atoms with Crippen molar-refractivity contribution in [2.75, 3.05) is 7.11 Å². The molecule has 2 aromatic rings. The van der Waals surface area contributed by atoms with Crippen molar-refractivity contribution >= 4 is 17.5 Å². The molecule has 1 aliphatic rings. The molecule has 0 unspecified atom stereocenters. The molecule has 0 atom stereocenters. The summed E-state index contributed by atoms with van der Waals surface area (Å²) in [7, 11) is 1.64. The average molecular weight is 333 g/mol. The zero-order valence-corrected chi connectivity index (χ0v) is 13.4. The highest BCUT2D eigenvalue weighted by atomic mass is 35.5. The van der Waals surface area contributed by atoms with Gasteiger partial charge in [0.05, 0.1) is 18.9 Å². The highest BCUT2D eigenvalue weighted by Gasteiger charge is 2.32. The molecule has 1 amide bonds. The topological polar surface area (TPSA) is 71.5 Å². The molecule has 1 aromatic carbocycles. The summed E-state index contributed by atoms with van der Waals surface area (Å²) in [5.41, 5.74) is 1.39. The Bertz CT molecular complexity index is 712. The summed E-state index contributed by atoms with van der Waals surface area (Å²) in [5.74, 6) is 0.770. The number of aromatic nitrogens is 1. The molecule has 23 heavy (non-hydrogen) atoms. The standard InChI is InChI=1S/C17H17ClN2O3/c1-23-13-4-2-10(3-5-13)11-6-12(7-11)20-17(22)14-8-16(18)19-9-15(14)21/h2-5,8-9,11-12,21H,6-7H2,1H3,(H,20,22). The number of aromatic hydroxyl groups is 1. The molecule has 1 heterocycles. The average Bonchev–Trinajstić information content (AvgIpc) is 2.52. The van der Waals surface area contributed by atoms with E-state index in [2.05, 4.69) is 22.4 Å². The van der Waals surface area contributed by atoms with Gasteiger partial charge in [-0.15, -0.1) is 0 Å². The molecular formula is C17H17ClN2O3. The molecule has 1 aliphatic carbocycles. The van der Waals surface area contributed by atoms with E-state index >= 15 is 0 Å². The molecule has 5 nitrogen and oxygen atoms in total. The zero-order valence-electron chi connectivity index (χ0n) is 12.6. The number of carbonyl (C=O) groups excluding carboxylic acids is 1. The number of nitrogens with one attached hydrogen (secondary N) is 1. The van der Waals surface area contributed by atoms with Crippen LogP contribution in [0.4, 0.5) is 0 Å².